The van der Waals surface area contributed by atoms with Crippen LogP contribution in [0.25, 0.3) is 0 Å². The number of anilines is 1. The molecule has 1 aromatic rings. The van der Waals surface area contributed by atoms with Gasteiger partial charge in [-0.1, -0.05) is 25.1 Å². The van der Waals surface area contributed by atoms with Gasteiger partial charge in [0.2, 0.25) is 0 Å². The Morgan fingerprint density at radius 3 is 2.58 bits per heavy atom. The topological polar surface area (TPSA) is 32.5 Å². The van der Waals surface area contributed by atoms with Gasteiger partial charge in [0.05, 0.1) is 0 Å². The lowest BCUT2D eigenvalue weighted by Crippen LogP contribution is -2.57. The summed E-state index contributed by atoms with van der Waals surface area (Å²) < 4.78 is 0. The summed E-state index contributed by atoms with van der Waals surface area (Å²) in [5, 5.41) is 0. The normalized spacial score (nSPS) is 21.4. The van der Waals surface area contributed by atoms with Gasteiger partial charge in [-0.25, -0.2) is 0 Å². The fraction of sp³-hybridized carbons (Fsp3) is 0.625. The predicted molar refractivity (Wildman–Crippen MR) is 82.6 cm³/mol. The lowest BCUT2D eigenvalue weighted by Gasteiger charge is -2.47. The average Bonchev–Trinajstić information content (AvgIpc) is 2.41. The second-order valence-corrected chi connectivity index (χ2v) is 6.23. The van der Waals surface area contributed by atoms with Crippen molar-refractivity contribution in [2.24, 2.45) is 5.73 Å². The molecule has 1 aromatic carbocycles. The van der Waals surface area contributed by atoms with Crippen molar-refractivity contribution in [3.63, 3.8) is 0 Å². The first-order chi connectivity index (χ1) is 8.95. The summed E-state index contributed by atoms with van der Waals surface area (Å²) in [5.41, 5.74) is 9.07. The van der Waals surface area contributed by atoms with Crippen molar-refractivity contribution in [2.75, 3.05) is 31.6 Å². The molecule has 1 saturated heterocycles. The van der Waals surface area contributed by atoms with Gasteiger partial charge in [-0.15, -0.1) is 0 Å². The average molecular weight is 261 g/mol. The third-order valence-electron chi connectivity index (χ3n) is 4.43. The highest BCUT2D eigenvalue weighted by Crippen LogP contribution is 2.30. The van der Waals surface area contributed by atoms with Gasteiger partial charge >= 0.3 is 0 Å². The first-order valence-electron chi connectivity index (χ1n) is 7.26. The first kappa shape index (κ1) is 14.4. The van der Waals surface area contributed by atoms with Crippen LogP contribution < -0.4 is 10.6 Å². The highest BCUT2D eigenvalue weighted by Gasteiger charge is 2.32. The highest BCUT2D eigenvalue weighted by molar-refractivity contribution is 5.55. The van der Waals surface area contributed by atoms with Crippen LogP contribution in [-0.4, -0.2) is 37.1 Å². The lowest BCUT2D eigenvalue weighted by atomic mass is 9.96. The minimum atomic E-state index is 0.138. The maximum Gasteiger partial charge on any atom is 0.0415 e. The van der Waals surface area contributed by atoms with E-state index >= 15 is 0 Å². The number of rotatable bonds is 3. The van der Waals surface area contributed by atoms with Crippen LogP contribution in [0.5, 0.6) is 0 Å². The molecule has 19 heavy (non-hydrogen) atoms. The van der Waals surface area contributed by atoms with Crippen LogP contribution in [0.2, 0.25) is 0 Å². The molecule has 0 saturated carbocycles. The third kappa shape index (κ3) is 2.93. The molecule has 2 rings (SSSR count). The molecule has 1 atom stereocenters. The monoisotopic (exact) mass is 261 g/mol. The van der Waals surface area contributed by atoms with Crippen LogP contribution in [-0.2, 0) is 0 Å². The van der Waals surface area contributed by atoms with E-state index < -0.39 is 0 Å². The Kier molecular flexibility index (Phi) is 4.16. The number of hydrogen-bond donors (Lipinski definition) is 1. The van der Waals surface area contributed by atoms with Crippen molar-refractivity contribution in [1.82, 2.24) is 4.90 Å². The summed E-state index contributed by atoms with van der Waals surface area (Å²) in [4.78, 5) is 4.93. The maximum absolute atomic E-state index is 6.26. The molecule has 2 N–H and O–H groups in total. The number of hydrogen-bond acceptors (Lipinski definition) is 3. The molecular formula is C16H27N3. The number of nitrogens with two attached hydrogens (primary N) is 1. The molecule has 3 heteroatoms. The van der Waals surface area contributed by atoms with Crippen LogP contribution in [0.15, 0.2) is 24.3 Å². The fourth-order valence-corrected chi connectivity index (χ4v) is 2.75. The van der Waals surface area contributed by atoms with Gasteiger partial charge in [-0.3, -0.25) is 4.90 Å². The molecule has 0 aromatic heterocycles. The van der Waals surface area contributed by atoms with Gasteiger partial charge in [-0.05, 0) is 38.9 Å². The molecule has 0 amide bonds. The molecule has 1 aliphatic rings. The third-order valence-corrected chi connectivity index (χ3v) is 4.43. The van der Waals surface area contributed by atoms with Gasteiger partial charge in [0.1, 0.15) is 0 Å². The second kappa shape index (κ2) is 5.51. The number of benzene rings is 1. The predicted octanol–water partition coefficient (Wildman–Crippen LogP) is 2.63. The van der Waals surface area contributed by atoms with Crippen LogP contribution in [0.3, 0.4) is 0 Å². The molecule has 0 spiro atoms. The quantitative estimate of drug-likeness (QED) is 0.908. The van der Waals surface area contributed by atoms with E-state index in [1.54, 1.807) is 0 Å². The largest absolute Gasteiger partial charge is 0.368 e. The van der Waals surface area contributed by atoms with E-state index in [0.29, 0.717) is 0 Å². The van der Waals surface area contributed by atoms with E-state index in [9.17, 15) is 0 Å². The van der Waals surface area contributed by atoms with Gasteiger partial charge in [0.15, 0.2) is 0 Å². The maximum atomic E-state index is 6.26. The summed E-state index contributed by atoms with van der Waals surface area (Å²) in [6.45, 7) is 9.99. The van der Waals surface area contributed by atoms with Gasteiger partial charge < -0.3 is 10.6 Å². The van der Waals surface area contributed by atoms with Crippen LogP contribution in [0.1, 0.15) is 38.8 Å². The molecule has 1 fully saturated rings. The van der Waals surface area contributed by atoms with Crippen LogP contribution in [0.4, 0.5) is 5.69 Å². The molecule has 3 nitrogen and oxygen atoms in total. The molecule has 1 heterocycles. The zero-order valence-electron chi connectivity index (χ0n) is 12.7. The van der Waals surface area contributed by atoms with Crippen molar-refractivity contribution in [3.05, 3.63) is 29.8 Å². The van der Waals surface area contributed by atoms with E-state index in [0.717, 1.165) is 26.1 Å². The smallest absolute Gasteiger partial charge is 0.0415 e. The molecule has 1 aliphatic heterocycles. The van der Waals surface area contributed by atoms with Crippen molar-refractivity contribution < 1.29 is 0 Å². The van der Waals surface area contributed by atoms with Crippen LogP contribution >= 0.6 is 0 Å². The fourth-order valence-electron chi connectivity index (χ4n) is 2.75. The Balaban J connectivity index is 2.27. The number of nitrogens with zero attached hydrogens (tertiary/aromatic N) is 2. The van der Waals surface area contributed by atoms with Gasteiger partial charge in [0, 0.05) is 36.9 Å². The van der Waals surface area contributed by atoms with Gasteiger partial charge in [0.25, 0.3) is 0 Å². The lowest BCUT2D eigenvalue weighted by molar-refractivity contribution is 0.138. The summed E-state index contributed by atoms with van der Waals surface area (Å²) >= 11 is 0. The molecule has 0 radical (unpaired) electrons. The molecule has 0 aliphatic carbocycles. The molecular weight excluding hydrogens is 234 g/mol. The van der Waals surface area contributed by atoms with Crippen LogP contribution in [0, 0.1) is 0 Å². The summed E-state index contributed by atoms with van der Waals surface area (Å²) in [6.07, 6.45) is 0.980. The zero-order chi connectivity index (χ0) is 14.0. The molecule has 0 bridgehead atoms. The minimum absolute atomic E-state index is 0.138. The van der Waals surface area contributed by atoms with Crippen molar-refractivity contribution in [2.45, 2.75) is 38.8 Å². The number of para-hydroxylation sites is 1. The second-order valence-electron chi connectivity index (χ2n) is 6.23. The SMILES string of the molecule is CCC(N)c1ccccc1N1CCN(C)C(C)(C)C1. The molecule has 106 valence electrons. The van der Waals surface area contributed by atoms with Gasteiger partial charge in [-0.2, -0.15) is 0 Å². The standard InChI is InChI=1S/C16H27N3/c1-5-14(17)13-8-6-7-9-15(13)19-11-10-18(4)16(2,3)12-19/h6-9,14H,5,10-12,17H2,1-4H3. The Morgan fingerprint density at radius 2 is 1.95 bits per heavy atom. The van der Waals surface area contributed by atoms with Crippen molar-refractivity contribution in [1.29, 1.82) is 0 Å². The van der Waals surface area contributed by atoms with E-state index in [4.69, 9.17) is 5.73 Å². The summed E-state index contributed by atoms with van der Waals surface area (Å²) in [7, 11) is 2.21. The summed E-state index contributed by atoms with van der Waals surface area (Å²) in [5.74, 6) is 0. The first-order valence-corrected chi connectivity index (χ1v) is 7.26. The summed E-state index contributed by atoms with van der Waals surface area (Å²) in [6, 6.07) is 8.74. The van der Waals surface area contributed by atoms with E-state index in [1.807, 2.05) is 0 Å². The highest BCUT2D eigenvalue weighted by atomic mass is 15.3. The number of likely N-dealkylation sites (N-methyl/N-ethyl adjacent to an activating group) is 1. The zero-order valence-corrected chi connectivity index (χ0v) is 12.7. The Morgan fingerprint density at radius 1 is 1.26 bits per heavy atom. The number of piperazine rings is 1. The molecule has 1 unspecified atom stereocenters. The van der Waals surface area contributed by atoms with E-state index in [-0.39, 0.29) is 11.6 Å². The Bertz CT molecular complexity index is 428. The Labute approximate surface area is 117 Å². The Hall–Kier alpha value is -1.06. The van der Waals surface area contributed by atoms with E-state index in [2.05, 4.69) is 61.9 Å². The van der Waals surface area contributed by atoms with Crippen molar-refractivity contribution in [3.8, 4) is 0 Å². The van der Waals surface area contributed by atoms with E-state index in [1.165, 1.54) is 11.3 Å². The minimum Gasteiger partial charge on any atom is -0.368 e. The van der Waals surface area contributed by atoms with Crippen molar-refractivity contribution >= 4 is 5.69 Å².